The monoisotopic (exact) mass is 304 g/mol. The SMILES string of the molecule is NCCN.O=C1C(Cl)=C(Cl)C(=O)C(Cl)=C1Cl. The van der Waals surface area contributed by atoms with E-state index in [1.54, 1.807) is 0 Å². The quantitative estimate of drug-likeness (QED) is 0.717. The number of rotatable bonds is 1. The van der Waals surface area contributed by atoms with Crippen LogP contribution in [0, 0.1) is 0 Å². The molecule has 8 heteroatoms. The summed E-state index contributed by atoms with van der Waals surface area (Å²) in [6, 6.07) is 0. The lowest BCUT2D eigenvalue weighted by molar-refractivity contribution is -0.114. The first-order chi connectivity index (χ1) is 7.38. The largest absolute Gasteiger partial charge is 0.329 e. The third kappa shape index (κ3) is 3.73. The predicted molar refractivity (Wildman–Crippen MR) is 65.6 cm³/mol. The van der Waals surface area contributed by atoms with Crippen LogP contribution >= 0.6 is 46.4 Å². The molecule has 0 fully saturated rings. The number of halogens is 4. The number of ketones is 2. The molecule has 0 heterocycles. The molecular weight excluding hydrogens is 298 g/mol. The van der Waals surface area contributed by atoms with Gasteiger partial charge in [-0.1, -0.05) is 46.4 Å². The van der Waals surface area contributed by atoms with Crippen molar-refractivity contribution in [2.24, 2.45) is 11.5 Å². The molecule has 4 N–H and O–H groups in total. The second-order valence-electron chi connectivity index (χ2n) is 2.49. The highest BCUT2D eigenvalue weighted by molar-refractivity contribution is 6.69. The van der Waals surface area contributed by atoms with Gasteiger partial charge >= 0.3 is 0 Å². The van der Waals surface area contributed by atoms with Crippen molar-refractivity contribution >= 4 is 58.0 Å². The average molecular weight is 306 g/mol. The van der Waals surface area contributed by atoms with Crippen LogP contribution in [0.1, 0.15) is 0 Å². The van der Waals surface area contributed by atoms with Crippen molar-refractivity contribution in [2.75, 3.05) is 13.1 Å². The number of carbonyl (C=O) groups excluding carboxylic acids is 2. The summed E-state index contributed by atoms with van der Waals surface area (Å²) in [5, 5.41) is -1.57. The maximum atomic E-state index is 11.0. The number of nitrogens with two attached hydrogens (primary N) is 2. The molecule has 90 valence electrons. The van der Waals surface area contributed by atoms with E-state index in [2.05, 4.69) is 0 Å². The Morgan fingerprint density at radius 3 is 1.00 bits per heavy atom. The fourth-order valence-corrected chi connectivity index (χ4v) is 1.41. The second kappa shape index (κ2) is 7.27. The molecule has 0 aromatic heterocycles. The van der Waals surface area contributed by atoms with Crippen LogP contribution < -0.4 is 11.5 Å². The van der Waals surface area contributed by atoms with Crippen LogP contribution in [0.25, 0.3) is 0 Å². The highest BCUT2D eigenvalue weighted by Crippen LogP contribution is 2.32. The molecular formula is C8H8Cl4N2O2. The lowest BCUT2D eigenvalue weighted by Gasteiger charge is -2.08. The van der Waals surface area contributed by atoms with Crippen LogP contribution in [0.15, 0.2) is 20.1 Å². The summed E-state index contributed by atoms with van der Waals surface area (Å²) >= 11 is 21.5. The van der Waals surface area contributed by atoms with Gasteiger partial charge in [-0.25, -0.2) is 0 Å². The van der Waals surface area contributed by atoms with E-state index in [4.69, 9.17) is 57.9 Å². The highest BCUT2D eigenvalue weighted by Gasteiger charge is 2.31. The molecule has 0 aromatic carbocycles. The fraction of sp³-hybridized carbons (Fsp3) is 0.250. The number of hydrogen-bond acceptors (Lipinski definition) is 4. The molecule has 0 saturated carbocycles. The Morgan fingerprint density at radius 2 is 0.875 bits per heavy atom. The van der Waals surface area contributed by atoms with E-state index < -0.39 is 31.7 Å². The van der Waals surface area contributed by atoms with Gasteiger partial charge in [0.05, 0.1) is 0 Å². The summed E-state index contributed by atoms with van der Waals surface area (Å²) in [6.07, 6.45) is 0. The van der Waals surface area contributed by atoms with Crippen molar-refractivity contribution in [3.8, 4) is 0 Å². The number of Topliss-reactive ketones (excluding diaryl/α,β-unsaturated/α-hetero) is 2. The van der Waals surface area contributed by atoms with E-state index in [1.165, 1.54) is 0 Å². The van der Waals surface area contributed by atoms with Gasteiger partial charge in [-0.2, -0.15) is 0 Å². The van der Waals surface area contributed by atoms with Gasteiger partial charge in [-0.3, -0.25) is 9.59 Å². The van der Waals surface area contributed by atoms with Gasteiger partial charge in [0, 0.05) is 13.1 Å². The molecule has 0 radical (unpaired) electrons. The van der Waals surface area contributed by atoms with Crippen LogP contribution in [0.5, 0.6) is 0 Å². The van der Waals surface area contributed by atoms with E-state index in [1.807, 2.05) is 0 Å². The van der Waals surface area contributed by atoms with Gasteiger partial charge in [0.15, 0.2) is 0 Å². The number of allylic oxidation sites excluding steroid dienone is 4. The van der Waals surface area contributed by atoms with Crippen molar-refractivity contribution < 1.29 is 9.59 Å². The molecule has 0 amide bonds. The van der Waals surface area contributed by atoms with Crippen molar-refractivity contribution in [3.63, 3.8) is 0 Å². The highest BCUT2D eigenvalue weighted by atomic mass is 35.5. The third-order valence-electron chi connectivity index (χ3n) is 1.35. The number of hydrogen-bond donors (Lipinski definition) is 2. The van der Waals surface area contributed by atoms with Gasteiger partial charge in [0.25, 0.3) is 0 Å². The summed E-state index contributed by atoms with van der Waals surface area (Å²) in [5.41, 5.74) is 9.81. The minimum absolute atomic E-state index is 0.393. The van der Waals surface area contributed by atoms with Crippen LogP contribution in [0.4, 0.5) is 0 Å². The van der Waals surface area contributed by atoms with Gasteiger partial charge < -0.3 is 11.5 Å². The third-order valence-corrected chi connectivity index (χ3v) is 2.99. The maximum absolute atomic E-state index is 11.0. The van der Waals surface area contributed by atoms with Gasteiger partial charge in [0.1, 0.15) is 20.1 Å². The lowest BCUT2D eigenvalue weighted by Crippen LogP contribution is -2.14. The molecule has 0 saturated heterocycles. The van der Waals surface area contributed by atoms with Gasteiger partial charge in [0.2, 0.25) is 11.6 Å². The molecule has 0 atom stereocenters. The number of carbonyl (C=O) groups is 2. The van der Waals surface area contributed by atoms with E-state index >= 15 is 0 Å². The lowest BCUT2D eigenvalue weighted by atomic mass is 10.1. The van der Waals surface area contributed by atoms with Crippen LogP contribution in [0.3, 0.4) is 0 Å². The summed E-state index contributed by atoms with van der Waals surface area (Å²) in [5.74, 6) is -1.46. The molecule has 0 bridgehead atoms. The Kier molecular flexibility index (Phi) is 7.22. The second-order valence-corrected chi connectivity index (χ2v) is 4.00. The molecule has 0 spiro atoms. The van der Waals surface area contributed by atoms with Crippen LogP contribution in [-0.4, -0.2) is 24.7 Å². The van der Waals surface area contributed by atoms with E-state index in [0.717, 1.165) is 0 Å². The van der Waals surface area contributed by atoms with Gasteiger partial charge in [-0.05, 0) is 0 Å². The van der Waals surface area contributed by atoms with E-state index in [0.29, 0.717) is 13.1 Å². The summed E-state index contributed by atoms with van der Waals surface area (Å²) in [7, 11) is 0. The molecule has 0 unspecified atom stereocenters. The van der Waals surface area contributed by atoms with Crippen molar-refractivity contribution in [2.45, 2.75) is 0 Å². The Hall–Kier alpha value is -0.100. The normalized spacial score (nSPS) is 16.4. The fourth-order valence-electron chi connectivity index (χ4n) is 0.591. The first-order valence-corrected chi connectivity index (χ1v) is 5.49. The standard InChI is InChI=1S/C6Cl4O2.C2H8N2/c7-1-2(8)6(12)4(10)3(9)5(1)11;3-1-2-4/h;1-4H2. The molecule has 0 aromatic rings. The zero-order chi connectivity index (χ0) is 12.9. The maximum Gasteiger partial charge on any atom is 0.219 e. The average Bonchev–Trinajstić information content (AvgIpc) is 2.31. The van der Waals surface area contributed by atoms with Crippen molar-refractivity contribution in [1.82, 2.24) is 0 Å². The Morgan fingerprint density at radius 1 is 0.688 bits per heavy atom. The Bertz CT molecular complexity index is 312. The topological polar surface area (TPSA) is 86.2 Å². The first-order valence-electron chi connectivity index (χ1n) is 3.98. The van der Waals surface area contributed by atoms with E-state index in [9.17, 15) is 9.59 Å². The summed E-state index contributed by atoms with van der Waals surface area (Å²) in [4.78, 5) is 22.0. The minimum atomic E-state index is -0.729. The van der Waals surface area contributed by atoms with Crippen molar-refractivity contribution in [3.05, 3.63) is 20.1 Å². The van der Waals surface area contributed by atoms with Crippen LogP contribution in [-0.2, 0) is 9.59 Å². The predicted octanol–water partition coefficient (Wildman–Crippen LogP) is 1.42. The van der Waals surface area contributed by atoms with E-state index in [-0.39, 0.29) is 0 Å². The Balaban J connectivity index is 0.000000487. The minimum Gasteiger partial charge on any atom is -0.329 e. The molecule has 1 aliphatic carbocycles. The smallest absolute Gasteiger partial charge is 0.219 e. The molecule has 16 heavy (non-hydrogen) atoms. The Labute approximate surface area is 112 Å². The zero-order valence-electron chi connectivity index (χ0n) is 7.90. The molecule has 4 nitrogen and oxygen atoms in total. The summed E-state index contributed by atoms with van der Waals surface area (Å²) in [6.45, 7) is 1.19. The van der Waals surface area contributed by atoms with Crippen LogP contribution in [0.2, 0.25) is 0 Å². The molecule has 1 aliphatic rings. The molecule has 1 rings (SSSR count). The molecule has 0 aliphatic heterocycles. The zero-order valence-corrected chi connectivity index (χ0v) is 10.9. The van der Waals surface area contributed by atoms with Crippen molar-refractivity contribution in [1.29, 1.82) is 0 Å². The first kappa shape index (κ1) is 15.9. The summed E-state index contributed by atoms with van der Waals surface area (Å²) < 4.78 is 0. The van der Waals surface area contributed by atoms with Gasteiger partial charge in [-0.15, -0.1) is 0 Å².